The lowest BCUT2D eigenvalue weighted by atomic mass is 9.71. The molecule has 1 aliphatic heterocycles. The van der Waals surface area contributed by atoms with Gasteiger partial charge in [0.2, 0.25) is 0 Å². The van der Waals surface area contributed by atoms with E-state index in [-0.39, 0.29) is 8.46 Å². The molecule has 2 nitrogen and oxygen atoms in total. The summed E-state index contributed by atoms with van der Waals surface area (Å²) in [6.45, 7) is 4.55. The van der Waals surface area contributed by atoms with E-state index in [0.29, 0.717) is 11.1 Å². The van der Waals surface area contributed by atoms with Gasteiger partial charge in [-0.1, -0.05) is 147 Å². The van der Waals surface area contributed by atoms with Gasteiger partial charge in [-0.15, -0.1) is 0 Å². The molecule has 7 rings (SSSR count). The van der Waals surface area contributed by atoms with E-state index in [2.05, 4.69) is 147 Å². The van der Waals surface area contributed by atoms with Crippen molar-refractivity contribution < 1.29 is 9.30 Å². The number of para-hydroxylation sites is 1. The molecule has 208 valence electrons. The van der Waals surface area contributed by atoms with Crippen LogP contribution in [0.4, 0.5) is 0 Å². The smallest absolute Gasteiger partial charge is 0.196 e. The largest absolute Gasteiger partial charge is 0.455 e. The van der Waals surface area contributed by atoms with E-state index in [0.717, 1.165) is 33.3 Å². The van der Waals surface area contributed by atoms with Gasteiger partial charge in [0.05, 0.1) is 5.30 Å². The molecule has 0 N–H and O–H groups in total. The van der Waals surface area contributed by atoms with Crippen LogP contribution < -0.4 is 26.0 Å². The Kier molecular flexibility index (Phi) is 7.28. The van der Waals surface area contributed by atoms with E-state index in [9.17, 15) is 4.57 Å². The standard InChI is InChI=1S/C39H30O2P2/c1-39(2)32-24-15-25-33(42-40)37(32)41-38-34(43(29-20-11-5-12-21-29)30-22-13-6-14-23-30)26-31(27-16-7-3-8-17-27)35(36(38)39)28-18-9-4-10-19-28/h3-26H,1-2H3. The van der Waals surface area contributed by atoms with E-state index < -0.39 is 13.3 Å². The van der Waals surface area contributed by atoms with E-state index in [4.69, 9.17) is 4.74 Å². The summed E-state index contributed by atoms with van der Waals surface area (Å²) >= 11 is 0. The molecule has 0 atom stereocenters. The molecule has 0 spiro atoms. The zero-order valence-electron chi connectivity index (χ0n) is 24.1. The fourth-order valence-corrected chi connectivity index (χ4v) is 9.09. The van der Waals surface area contributed by atoms with E-state index in [1.54, 1.807) is 0 Å². The first kappa shape index (κ1) is 27.5. The maximum atomic E-state index is 12.4. The summed E-state index contributed by atoms with van der Waals surface area (Å²) in [6.07, 6.45) is 0. The number of fused-ring (bicyclic) bond motifs is 2. The number of ether oxygens (including phenoxy) is 1. The second-order valence-corrected chi connectivity index (χ2v) is 14.1. The van der Waals surface area contributed by atoms with Crippen molar-refractivity contribution in [2.45, 2.75) is 19.3 Å². The Morgan fingerprint density at radius 3 is 1.70 bits per heavy atom. The third-order valence-electron chi connectivity index (χ3n) is 8.27. The van der Waals surface area contributed by atoms with Gasteiger partial charge in [0.1, 0.15) is 11.5 Å². The first-order chi connectivity index (χ1) is 21.1. The van der Waals surface area contributed by atoms with Crippen molar-refractivity contribution in [1.29, 1.82) is 0 Å². The Morgan fingerprint density at radius 2 is 1.14 bits per heavy atom. The van der Waals surface area contributed by atoms with Gasteiger partial charge < -0.3 is 4.74 Å². The molecule has 0 amide bonds. The molecular weight excluding hydrogens is 562 g/mol. The molecule has 6 aromatic carbocycles. The van der Waals surface area contributed by atoms with Gasteiger partial charge in [0.25, 0.3) is 0 Å². The van der Waals surface area contributed by atoms with E-state index in [1.165, 1.54) is 21.7 Å². The first-order valence-corrected chi connectivity index (χ1v) is 16.6. The number of hydrogen-bond donors (Lipinski definition) is 0. The Hall–Kier alpha value is -4.35. The average Bonchev–Trinajstić information content (AvgIpc) is 3.06. The molecular formula is C39H30O2P2. The van der Waals surface area contributed by atoms with Gasteiger partial charge >= 0.3 is 0 Å². The predicted octanol–water partition coefficient (Wildman–Crippen LogP) is 9.13. The summed E-state index contributed by atoms with van der Waals surface area (Å²) in [7, 11) is -1.05. The minimum Gasteiger partial charge on any atom is -0.455 e. The fourth-order valence-electron chi connectivity index (χ4n) is 6.28. The van der Waals surface area contributed by atoms with Crippen LogP contribution in [0, 0.1) is 0 Å². The van der Waals surface area contributed by atoms with Gasteiger partial charge in [-0.2, -0.15) is 0 Å². The van der Waals surface area contributed by atoms with E-state index >= 15 is 0 Å². The number of benzene rings is 6. The molecule has 6 aromatic rings. The van der Waals surface area contributed by atoms with Crippen molar-refractivity contribution in [2.24, 2.45) is 0 Å². The van der Waals surface area contributed by atoms with Crippen LogP contribution in [-0.2, 0) is 9.98 Å². The van der Waals surface area contributed by atoms with Crippen molar-refractivity contribution in [3.8, 4) is 33.8 Å². The zero-order chi connectivity index (χ0) is 29.4. The van der Waals surface area contributed by atoms with Crippen molar-refractivity contribution in [3.63, 3.8) is 0 Å². The lowest BCUT2D eigenvalue weighted by Gasteiger charge is -2.39. The minimum atomic E-state index is -0.999. The molecule has 0 aromatic heterocycles. The normalized spacial score (nSPS) is 13.3. The van der Waals surface area contributed by atoms with Crippen LogP contribution in [0.5, 0.6) is 11.5 Å². The quantitative estimate of drug-likeness (QED) is 0.180. The molecule has 0 radical (unpaired) electrons. The van der Waals surface area contributed by atoms with Crippen molar-refractivity contribution >= 4 is 37.6 Å². The summed E-state index contributed by atoms with van der Waals surface area (Å²) in [5.74, 6) is 1.56. The average molecular weight is 593 g/mol. The molecule has 0 saturated carbocycles. The minimum absolute atomic E-state index is 0.0542. The van der Waals surface area contributed by atoms with Gasteiger partial charge in [0.15, 0.2) is 8.46 Å². The van der Waals surface area contributed by atoms with Crippen LogP contribution in [0.25, 0.3) is 22.3 Å². The number of hydrogen-bond acceptors (Lipinski definition) is 2. The summed E-state index contributed by atoms with van der Waals surface area (Å²) in [4.78, 5) is 0. The van der Waals surface area contributed by atoms with Crippen molar-refractivity contribution in [3.05, 3.63) is 157 Å². The van der Waals surface area contributed by atoms with E-state index in [1.807, 2.05) is 12.1 Å². The lowest BCUT2D eigenvalue weighted by molar-refractivity contribution is 0.425. The van der Waals surface area contributed by atoms with Crippen LogP contribution in [0.15, 0.2) is 146 Å². The summed E-state index contributed by atoms with van der Waals surface area (Å²) in [5, 5.41) is 4.32. The molecule has 1 aliphatic rings. The van der Waals surface area contributed by atoms with Crippen LogP contribution >= 0.6 is 16.4 Å². The highest BCUT2D eigenvalue weighted by Crippen LogP contribution is 2.55. The van der Waals surface area contributed by atoms with Crippen molar-refractivity contribution in [1.82, 2.24) is 0 Å². The van der Waals surface area contributed by atoms with Gasteiger partial charge in [-0.25, -0.2) is 0 Å². The maximum absolute atomic E-state index is 12.4. The second kappa shape index (κ2) is 11.4. The molecule has 0 fully saturated rings. The summed E-state index contributed by atoms with van der Waals surface area (Å²) < 4.78 is 19.5. The highest BCUT2D eigenvalue weighted by Gasteiger charge is 2.41. The molecule has 0 bridgehead atoms. The lowest BCUT2D eigenvalue weighted by Crippen LogP contribution is -2.32. The fraction of sp³-hybridized carbons (Fsp3) is 0.0769. The Balaban J connectivity index is 1.66. The van der Waals surface area contributed by atoms with Gasteiger partial charge in [-0.3, -0.25) is 4.57 Å². The zero-order valence-corrected chi connectivity index (χ0v) is 25.9. The van der Waals surface area contributed by atoms with Gasteiger partial charge in [0, 0.05) is 21.8 Å². The molecule has 1 heterocycles. The Labute approximate surface area is 256 Å². The molecule has 4 heteroatoms. The monoisotopic (exact) mass is 592 g/mol. The summed E-state index contributed by atoms with van der Waals surface area (Å²) in [5.41, 5.74) is 6.41. The third-order valence-corrected chi connectivity index (χ3v) is 11.3. The SMILES string of the molecule is CC1(C)c2cccc(P=O)c2Oc2c(P(c3ccccc3)c3ccccc3)cc(-c3ccccc3)c(-c3ccccc3)c21. The first-order valence-electron chi connectivity index (χ1n) is 14.4. The van der Waals surface area contributed by atoms with Crippen LogP contribution in [-0.4, -0.2) is 0 Å². The Bertz CT molecular complexity index is 1880. The highest BCUT2D eigenvalue weighted by atomic mass is 31.1. The Morgan fingerprint density at radius 1 is 0.605 bits per heavy atom. The van der Waals surface area contributed by atoms with Crippen LogP contribution in [0.2, 0.25) is 0 Å². The molecule has 0 saturated heterocycles. The molecule has 43 heavy (non-hydrogen) atoms. The number of rotatable bonds is 6. The summed E-state index contributed by atoms with van der Waals surface area (Å²) in [6, 6.07) is 51.2. The highest BCUT2D eigenvalue weighted by molar-refractivity contribution is 7.80. The van der Waals surface area contributed by atoms with Crippen LogP contribution in [0.1, 0.15) is 25.0 Å². The second-order valence-electron chi connectivity index (χ2n) is 11.2. The predicted molar refractivity (Wildman–Crippen MR) is 182 cm³/mol. The molecule has 0 unspecified atom stereocenters. The molecule has 0 aliphatic carbocycles. The van der Waals surface area contributed by atoms with Crippen molar-refractivity contribution in [2.75, 3.05) is 0 Å². The third kappa shape index (κ3) is 4.82. The van der Waals surface area contributed by atoms with Crippen LogP contribution in [0.3, 0.4) is 0 Å². The maximum Gasteiger partial charge on any atom is 0.196 e. The topological polar surface area (TPSA) is 26.3 Å². The van der Waals surface area contributed by atoms with Gasteiger partial charge in [-0.05, 0) is 52.9 Å².